The Kier molecular flexibility index (Phi) is 3.87. The number of nitrogens with zero attached hydrogens (tertiary/aromatic N) is 1. The summed E-state index contributed by atoms with van der Waals surface area (Å²) in [6, 6.07) is 11.5. The molecule has 0 aromatic heterocycles. The van der Waals surface area contributed by atoms with E-state index in [0.29, 0.717) is 11.3 Å². The van der Waals surface area contributed by atoms with Gasteiger partial charge in [0.25, 0.3) is 0 Å². The first-order valence-electron chi connectivity index (χ1n) is 5.44. The van der Waals surface area contributed by atoms with Gasteiger partial charge in [0.2, 0.25) is 0 Å². The molecular formula is C14H10FNO3. The third-order valence-corrected chi connectivity index (χ3v) is 2.38. The minimum Gasteiger partial charge on any atom is -0.423 e. The summed E-state index contributed by atoms with van der Waals surface area (Å²) in [6.07, 6.45) is 1.26. The van der Waals surface area contributed by atoms with Crippen molar-refractivity contribution in [3.8, 4) is 5.75 Å². The summed E-state index contributed by atoms with van der Waals surface area (Å²) in [6.45, 7) is 0. The molecule has 0 radical (unpaired) electrons. The molecule has 1 N–H and O–H groups in total. The zero-order valence-electron chi connectivity index (χ0n) is 9.79. The monoisotopic (exact) mass is 259 g/mol. The predicted octanol–water partition coefficient (Wildman–Crippen LogP) is 2.85. The first kappa shape index (κ1) is 12.8. The zero-order valence-corrected chi connectivity index (χ0v) is 9.79. The van der Waals surface area contributed by atoms with E-state index in [1.165, 1.54) is 30.5 Å². The molecule has 0 bridgehead atoms. The Morgan fingerprint density at radius 3 is 2.32 bits per heavy atom. The molecule has 2 aromatic carbocycles. The van der Waals surface area contributed by atoms with Gasteiger partial charge in [0.05, 0.1) is 11.8 Å². The van der Waals surface area contributed by atoms with Crippen LogP contribution in [0.1, 0.15) is 15.9 Å². The maximum Gasteiger partial charge on any atom is 0.343 e. The van der Waals surface area contributed by atoms with Crippen molar-refractivity contribution < 1.29 is 19.1 Å². The van der Waals surface area contributed by atoms with Crippen molar-refractivity contribution in [2.75, 3.05) is 0 Å². The average Bonchev–Trinajstić information content (AvgIpc) is 2.42. The summed E-state index contributed by atoms with van der Waals surface area (Å²) in [7, 11) is 0. The van der Waals surface area contributed by atoms with Gasteiger partial charge in [-0.05, 0) is 54.1 Å². The number of hydrogen-bond acceptors (Lipinski definition) is 4. The van der Waals surface area contributed by atoms with Gasteiger partial charge >= 0.3 is 5.97 Å². The predicted molar refractivity (Wildman–Crippen MR) is 67.2 cm³/mol. The largest absolute Gasteiger partial charge is 0.423 e. The third kappa shape index (κ3) is 3.38. The van der Waals surface area contributed by atoms with Crippen LogP contribution in [0.25, 0.3) is 0 Å². The van der Waals surface area contributed by atoms with Crippen LogP contribution >= 0.6 is 0 Å². The van der Waals surface area contributed by atoms with Crippen molar-refractivity contribution in [3.05, 3.63) is 65.5 Å². The molecule has 0 aliphatic heterocycles. The lowest BCUT2D eigenvalue weighted by Crippen LogP contribution is -2.08. The minimum atomic E-state index is -0.566. The van der Waals surface area contributed by atoms with Gasteiger partial charge in [-0.15, -0.1) is 0 Å². The standard InChI is InChI=1S/C14H10FNO3/c15-12-5-3-11(4-6-12)14(17)19-13-7-1-10(2-8-13)9-16-18/h1-9,18H. The van der Waals surface area contributed by atoms with Crippen LogP contribution in [0.2, 0.25) is 0 Å². The van der Waals surface area contributed by atoms with Crippen molar-refractivity contribution in [1.82, 2.24) is 0 Å². The summed E-state index contributed by atoms with van der Waals surface area (Å²) >= 11 is 0. The average molecular weight is 259 g/mol. The number of carbonyl (C=O) groups excluding carboxylic acids is 1. The number of oxime groups is 1. The molecule has 2 aromatic rings. The van der Waals surface area contributed by atoms with Gasteiger partial charge in [-0.1, -0.05) is 5.16 Å². The van der Waals surface area contributed by atoms with Crippen LogP contribution in [-0.4, -0.2) is 17.4 Å². The van der Waals surface area contributed by atoms with Crippen LogP contribution in [-0.2, 0) is 0 Å². The van der Waals surface area contributed by atoms with Gasteiger partial charge in [-0.3, -0.25) is 0 Å². The molecule has 0 aliphatic rings. The number of esters is 1. The van der Waals surface area contributed by atoms with Crippen LogP contribution in [0.4, 0.5) is 4.39 Å². The fourth-order valence-electron chi connectivity index (χ4n) is 1.44. The minimum absolute atomic E-state index is 0.266. The van der Waals surface area contributed by atoms with E-state index < -0.39 is 11.8 Å². The van der Waals surface area contributed by atoms with E-state index in [1.54, 1.807) is 24.3 Å². The molecule has 0 saturated heterocycles. The first-order valence-corrected chi connectivity index (χ1v) is 5.44. The fourth-order valence-corrected chi connectivity index (χ4v) is 1.44. The van der Waals surface area contributed by atoms with Crippen molar-refractivity contribution in [1.29, 1.82) is 0 Å². The van der Waals surface area contributed by atoms with Gasteiger partial charge in [0.1, 0.15) is 11.6 Å². The molecule has 0 spiro atoms. The molecule has 0 fully saturated rings. The number of rotatable bonds is 3. The molecule has 0 unspecified atom stereocenters. The topological polar surface area (TPSA) is 58.9 Å². The lowest BCUT2D eigenvalue weighted by molar-refractivity contribution is 0.0734. The molecule has 19 heavy (non-hydrogen) atoms. The van der Waals surface area contributed by atoms with Crippen LogP contribution in [0, 0.1) is 5.82 Å². The number of hydrogen-bond donors (Lipinski definition) is 1. The fraction of sp³-hybridized carbons (Fsp3) is 0. The quantitative estimate of drug-likeness (QED) is 0.303. The van der Waals surface area contributed by atoms with Crippen molar-refractivity contribution in [2.24, 2.45) is 5.16 Å². The second-order valence-electron chi connectivity index (χ2n) is 3.71. The Morgan fingerprint density at radius 2 is 1.74 bits per heavy atom. The summed E-state index contributed by atoms with van der Waals surface area (Å²) in [5.74, 6) is -0.628. The normalized spacial score (nSPS) is 10.6. The Morgan fingerprint density at radius 1 is 1.11 bits per heavy atom. The lowest BCUT2D eigenvalue weighted by atomic mass is 10.2. The summed E-state index contributed by atoms with van der Waals surface area (Å²) in [4.78, 5) is 11.7. The molecule has 5 heteroatoms. The van der Waals surface area contributed by atoms with Gasteiger partial charge in [0, 0.05) is 0 Å². The van der Waals surface area contributed by atoms with E-state index in [-0.39, 0.29) is 5.56 Å². The molecule has 2 rings (SSSR count). The molecular weight excluding hydrogens is 249 g/mol. The molecule has 0 saturated carbocycles. The van der Waals surface area contributed by atoms with Crippen LogP contribution in [0.5, 0.6) is 5.75 Å². The first-order chi connectivity index (χ1) is 9.19. The molecule has 0 atom stereocenters. The second kappa shape index (κ2) is 5.77. The van der Waals surface area contributed by atoms with E-state index in [1.807, 2.05) is 0 Å². The van der Waals surface area contributed by atoms with Gasteiger partial charge in [0.15, 0.2) is 0 Å². The highest BCUT2D eigenvalue weighted by molar-refractivity contribution is 5.91. The number of ether oxygens (including phenoxy) is 1. The highest BCUT2D eigenvalue weighted by atomic mass is 19.1. The van der Waals surface area contributed by atoms with E-state index in [9.17, 15) is 9.18 Å². The third-order valence-electron chi connectivity index (χ3n) is 2.38. The van der Waals surface area contributed by atoms with Crippen molar-refractivity contribution in [2.45, 2.75) is 0 Å². The molecule has 0 amide bonds. The summed E-state index contributed by atoms with van der Waals surface area (Å²) < 4.78 is 17.8. The zero-order chi connectivity index (χ0) is 13.7. The Labute approximate surface area is 108 Å². The van der Waals surface area contributed by atoms with E-state index >= 15 is 0 Å². The maximum absolute atomic E-state index is 12.7. The molecule has 4 nitrogen and oxygen atoms in total. The van der Waals surface area contributed by atoms with Crippen LogP contribution < -0.4 is 4.74 Å². The van der Waals surface area contributed by atoms with Crippen molar-refractivity contribution >= 4 is 12.2 Å². The lowest BCUT2D eigenvalue weighted by Gasteiger charge is -2.04. The summed E-state index contributed by atoms with van der Waals surface area (Å²) in [5, 5.41) is 11.2. The van der Waals surface area contributed by atoms with Crippen LogP contribution in [0.15, 0.2) is 53.7 Å². The van der Waals surface area contributed by atoms with Crippen molar-refractivity contribution in [3.63, 3.8) is 0 Å². The number of halogens is 1. The van der Waals surface area contributed by atoms with Gasteiger partial charge < -0.3 is 9.94 Å². The Bertz CT molecular complexity index is 591. The van der Waals surface area contributed by atoms with E-state index in [0.717, 1.165) is 0 Å². The highest BCUT2D eigenvalue weighted by Gasteiger charge is 2.08. The SMILES string of the molecule is O=C(Oc1ccc(C=NO)cc1)c1ccc(F)cc1. The second-order valence-corrected chi connectivity index (χ2v) is 3.71. The highest BCUT2D eigenvalue weighted by Crippen LogP contribution is 2.14. The smallest absolute Gasteiger partial charge is 0.343 e. The van der Waals surface area contributed by atoms with Gasteiger partial charge in [-0.2, -0.15) is 0 Å². The molecule has 96 valence electrons. The summed E-state index contributed by atoms with van der Waals surface area (Å²) in [5.41, 5.74) is 0.937. The Balaban J connectivity index is 2.08. The van der Waals surface area contributed by atoms with Gasteiger partial charge in [-0.25, -0.2) is 9.18 Å². The van der Waals surface area contributed by atoms with E-state index in [4.69, 9.17) is 9.94 Å². The van der Waals surface area contributed by atoms with Crippen LogP contribution in [0.3, 0.4) is 0 Å². The number of benzene rings is 2. The molecule has 0 aliphatic carbocycles. The number of carbonyl (C=O) groups is 1. The molecule has 0 heterocycles. The van der Waals surface area contributed by atoms with E-state index in [2.05, 4.69) is 5.16 Å². The Hall–Kier alpha value is -2.69. The maximum atomic E-state index is 12.7.